The van der Waals surface area contributed by atoms with Gasteiger partial charge in [0.05, 0.1) is 18.2 Å². The standard InChI is InChI=1S/C23H18F3N3O4/c1-12-3-6-18(28-19(12)13-9-15(24)20(31-2)27-11-13)29-21(30)22(7-8-22)14-4-5-16-17(10-14)33-23(25,26)32-16/h3-6,9-11H,7-8H2,1-2H3,(H,28,29,30). The number of nitrogens with zero attached hydrogens (tertiary/aromatic N) is 2. The molecule has 2 aliphatic rings. The highest BCUT2D eigenvalue weighted by molar-refractivity contribution is 6.01. The topological polar surface area (TPSA) is 82.6 Å². The fraction of sp³-hybridized carbons (Fsp3) is 0.261. The Labute approximate surface area is 186 Å². The molecule has 3 heterocycles. The highest BCUT2D eigenvalue weighted by Crippen LogP contribution is 2.52. The van der Waals surface area contributed by atoms with Crippen LogP contribution in [0.4, 0.5) is 19.0 Å². The molecule has 1 amide bonds. The molecule has 2 aromatic heterocycles. The molecular formula is C23H18F3N3O4. The number of alkyl halides is 2. The van der Waals surface area contributed by atoms with Gasteiger partial charge in [-0.15, -0.1) is 8.78 Å². The lowest BCUT2D eigenvalue weighted by Crippen LogP contribution is -2.28. The van der Waals surface area contributed by atoms with Crippen LogP contribution in [0.15, 0.2) is 42.6 Å². The van der Waals surface area contributed by atoms with Gasteiger partial charge in [-0.05, 0) is 55.2 Å². The summed E-state index contributed by atoms with van der Waals surface area (Å²) < 4.78 is 54.6. The maximum atomic E-state index is 14.1. The average Bonchev–Trinajstić information content (AvgIpc) is 3.52. The van der Waals surface area contributed by atoms with Crippen molar-refractivity contribution in [2.24, 2.45) is 0 Å². The molecular weight excluding hydrogens is 439 g/mol. The SMILES string of the molecule is COc1ncc(-c2nc(NC(=O)C3(c4ccc5c(c4)OC(F)(F)O5)CC3)ccc2C)cc1F. The number of benzene rings is 1. The lowest BCUT2D eigenvalue weighted by Gasteiger charge is -2.17. The van der Waals surface area contributed by atoms with Crippen molar-refractivity contribution in [3.63, 3.8) is 0 Å². The predicted octanol–water partition coefficient (Wildman–Crippen LogP) is 4.59. The van der Waals surface area contributed by atoms with E-state index in [0.717, 1.165) is 5.56 Å². The van der Waals surface area contributed by atoms with E-state index in [2.05, 4.69) is 24.8 Å². The van der Waals surface area contributed by atoms with Crippen LogP contribution < -0.4 is 19.5 Å². The largest absolute Gasteiger partial charge is 0.586 e. The van der Waals surface area contributed by atoms with Crippen LogP contribution >= 0.6 is 0 Å². The highest BCUT2D eigenvalue weighted by Gasteiger charge is 2.53. The summed E-state index contributed by atoms with van der Waals surface area (Å²) in [6.45, 7) is 1.81. The van der Waals surface area contributed by atoms with Gasteiger partial charge in [-0.1, -0.05) is 12.1 Å². The number of methoxy groups -OCH3 is 1. The average molecular weight is 457 g/mol. The molecule has 1 aliphatic carbocycles. The number of aryl methyl sites for hydroxylation is 1. The molecule has 1 aliphatic heterocycles. The lowest BCUT2D eigenvalue weighted by atomic mass is 9.94. The number of carbonyl (C=O) groups is 1. The van der Waals surface area contributed by atoms with E-state index in [-0.39, 0.29) is 29.1 Å². The minimum Gasteiger partial charge on any atom is -0.479 e. The van der Waals surface area contributed by atoms with Crippen molar-refractivity contribution in [3.8, 4) is 28.6 Å². The lowest BCUT2D eigenvalue weighted by molar-refractivity contribution is -0.286. The van der Waals surface area contributed by atoms with Crippen LogP contribution in [0.2, 0.25) is 0 Å². The number of fused-ring (bicyclic) bond motifs is 1. The third-order valence-electron chi connectivity index (χ3n) is 5.75. The van der Waals surface area contributed by atoms with Crippen molar-refractivity contribution in [2.45, 2.75) is 31.5 Å². The third kappa shape index (κ3) is 3.71. The van der Waals surface area contributed by atoms with Crippen LogP contribution in [0.25, 0.3) is 11.3 Å². The normalized spacial score (nSPS) is 16.9. The molecule has 0 saturated heterocycles. The molecule has 3 aromatic rings. The number of rotatable bonds is 5. The van der Waals surface area contributed by atoms with Crippen LogP contribution in [0, 0.1) is 12.7 Å². The van der Waals surface area contributed by atoms with Crippen molar-refractivity contribution in [1.29, 1.82) is 0 Å². The molecule has 1 aromatic carbocycles. The predicted molar refractivity (Wildman–Crippen MR) is 111 cm³/mol. The number of halogens is 3. The Morgan fingerprint density at radius 3 is 2.58 bits per heavy atom. The molecule has 0 atom stereocenters. The van der Waals surface area contributed by atoms with Gasteiger partial charge in [0.25, 0.3) is 0 Å². The number of amides is 1. The van der Waals surface area contributed by atoms with Crippen LogP contribution in [-0.2, 0) is 10.2 Å². The summed E-state index contributed by atoms with van der Waals surface area (Å²) in [6, 6.07) is 9.01. The number of hydrogen-bond donors (Lipinski definition) is 1. The monoisotopic (exact) mass is 457 g/mol. The van der Waals surface area contributed by atoms with E-state index >= 15 is 0 Å². The summed E-state index contributed by atoms with van der Waals surface area (Å²) in [5, 5.41) is 2.79. The molecule has 0 radical (unpaired) electrons. The fourth-order valence-electron chi connectivity index (χ4n) is 3.85. The summed E-state index contributed by atoms with van der Waals surface area (Å²) in [5.74, 6) is -0.995. The Morgan fingerprint density at radius 1 is 1.12 bits per heavy atom. The van der Waals surface area contributed by atoms with E-state index in [1.807, 2.05) is 0 Å². The van der Waals surface area contributed by atoms with E-state index in [0.29, 0.717) is 29.7 Å². The zero-order chi connectivity index (χ0) is 23.4. The van der Waals surface area contributed by atoms with Gasteiger partial charge in [0.15, 0.2) is 17.3 Å². The maximum absolute atomic E-state index is 14.1. The second-order valence-corrected chi connectivity index (χ2v) is 7.94. The van der Waals surface area contributed by atoms with Gasteiger partial charge in [0.2, 0.25) is 11.8 Å². The van der Waals surface area contributed by atoms with Crippen molar-refractivity contribution in [2.75, 3.05) is 12.4 Å². The second-order valence-electron chi connectivity index (χ2n) is 7.94. The molecule has 7 nitrogen and oxygen atoms in total. The minimum absolute atomic E-state index is 0.0786. The molecule has 170 valence electrons. The molecule has 1 fully saturated rings. The van der Waals surface area contributed by atoms with Crippen molar-refractivity contribution in [3.05, 3.63) is 59.5 Å². The highest BCUT2D eigenvalue weighted by atomic mass is 19.3. The molecule has 33 heavy (non-hydrogen) atoms. The summed E-state index contributed by atoms with van der Waals surface area (Å²) in [5.41, 5.74) is 1.32. The first kappa shape index (κ1) is 21.0. The van der Waals surface area contributed by atoms with E-state index in [1.165, 1.54) is 31.5 Å². The molecule has 10 heteroatoms. The number of pyridine rings is 2. The molecule has 1 N–H and O–H groups in total. The number of hydrogen-bond acceptors (Lipinski definition) is 6. The van der Waals surface area contributed by atoms with Gasteiger partial charge in [0, 0.05) is 11.8 Å². The third-order valence-corrected chi connectivity index (χ3v) is 5.75. The van der Waals surface area contributed by atoms with Crippen LogP contribution in [-0.4, -0.2) is 29.3 Å². The number of nitrogens with one attached hydrogen (secondary N) is 1. The number of carbonyl (C=O) groups excluding carboxylic acids is 1. The Balaban J connectivity index is 1.40. The van der Waals surface area contributed by atoms with Gasteiger partial charge in [-0.25, -0.2) is 14.4 Å². The van der Waals surface area contributed by atoms with Gasteiger partial charge in [-0.3, -0.25) is 4.79 Å². The summed E-state index contributed by atoms with van der Waals surface area (Å²) in [7, 11) is 1.32. The Kier molecular flexibility index (Phi) is 4.70. The second kappa shape index (κ2) is 7.36. The van der Waals surface area contributed by atoms with Crippen molar-refractivity contribution in [1.82, 2.24) is 9.97 Å². The van der Waals surface area contributed by atoms with Gasteiger partial charge < -0.3 is 19.5 Å². The molecule has 1 saturated carbocycles. The maximum Gasteiger partial charge on any atom is 0.586 e. The van der Waals surface area contributed by atoms with E-state index in [4.69, 9.17) is 4.74 Å². The van der Waals surface area contributed by atoms with Crippen LogP contribution in [0.3, 0.4) is 0 Å². The quantitative estimate of drug-likeness (QED) is 0.604. The first-order chi connectivity index (χ1) is 15.7. The molecule has 0 unspecified atom stereocenters. The first-order valence-electron chi connectivity index (χ1n) is 10.1. The number of ether oxygens (including phenoxy) is 3. The van der Waals surface area contributed by atoms with E-state index in [1.54, 1.807) is 25.1 Å². The van der Waals surface area contributed by atoms with Gasteiger partial charge >= 0.3 is 6.29 Å². The summed E-state index contributed by atoms with van der Waals surface area (Å²) in [6.07, 6.45) is -1.20. The molecule has 0 spiro atoms. The Hall–Kier alpha value is -3.82. The van der Waals surface area contributed by atoms with Crippen molar-refractivity contribution >= 4 is 11.7 Å². The van der Waals surface area contributed by atoms with Gasteiger partial charge in [-0.2, -0.15) is 0 Å². The summed E-state index contributed by atoms with van der Waals surface area (Å²) in [4.78, 5) is 21.5. The molecule has 0 bridgehead atoms. The van der Waals surface area contributed by atoms with E-state index in [9.17, 15) is 18.0 Å². The number of aromatic nitrogens is 2. The van der Waals surface area contributed by atoms with Gasteiger partial charge in [0.1, 0.15) is 5.82 Å². The smallest absolute Gasteiger partial charge is 0.479 e. The van der Waals surface area contributed by atoms with Crippen molar-refractivity contribution < 1.29 is 32.2 Å². The minimum atomic E-state index is -3.72. The molecule has 5 rings (SSSR count). The Morgan fingerprint density at radius 2 is 1.88 bits per heavy atom. The Bertz CT molecular complexity index is 1280. The van der Waals surface area contributed by atoms with E-state index < -0.39 is 17.5 Å². The van der Waals surface area contributed by atoms with Crippen LogP contribution in [0.1, 0.15) is 24.0 Å². The van der Waals surface area contributed by atoms with Crippen LogP contribution in [0.5, 0.6) is 17.4 Å². The summed E-state index contributed by atoms with van der Waals surface area (Å²) >= 11 is 0. The zero-order valence-electron chi connectivity index (χ0n) is 17.6. The fourth-order valence-corrected chi connectivity index (χ4v) is 3.85. The zero-order valence-corrected chi connectivity index (χ0v) is 17.6. The first-order valence-corrected chi connectivity index (χ1v) is 10.1. The number of anilines is 1.